The second kappa shape index (κ2) is 7.83. The standard InChI is InChI=1S/C13H17N3O5/c1-16(9-4-3-7-14-8-9)13(20)15-10(12(18)19)5-6-11(17)21-2/h3-4,7-8,10H,5-6H2,1-2H3,(H,15,20)(H,18,19)/t10-/m1/s1. The first-order valence-corrected chi connectivity index (χ1v) is 6.19. The first-order chi connectivity index (χ1) is 9.95. The van der Waals surface area contributed by atoms with E-state index in [1.807, 2.05) is 0 Å². The van der Waals surface area contributed by atoms with Crippen molar-refractivity contribution in [2.24, 2.45) is 0 Å². The lowest BCUT2D eigenvalue weighted by atomic mass is 10.1. The van der Waals surface area contributed by atoms with Gasteiger partial charge in [-0.1, -0.05) is 0 Å². The Bertz CT molecular complexity index is 506. The Hall–Kier alpha value is -2.64. The van der Waals surface area contributed by atoms with E-state index in [-0.39, 0.29) is 12.8 Å². The second-order valence-electron chi connectivity index (χ2n) is 4.23. The van der Waals surface area contributed by atoms with Gasteiger partial charge in [0.25, 0.3) is 0 Å². The van der Waals surface area contributed by atoms with Gasteiger partial charge >= 0.3 is 18.0 Å². The maximum Gasteiger partial charge on any atom is 0.326 e. The Balaban J connectivity index is 2.64. The quantitative estimate of drug-likeness (QED) is 0.745. The molecule has 1 aromatic heterocycles. The van der Waals surface area contributed by atoms with Crippen LogP contribution in [0.5, 0.6) is 0 Å². The molecule has 21 heavy (non-hydrogen) atoms. The van der Waals surface area contributed by atoms with Crippen LogP contribution >= 0.6 is 0 Å². The summed E-state index contributed by atoms with van der Waals surface area (Å²) in [5, 5.41) is 11.4. The number of methoxy groups -OCH3 is 1. The second-order valence-corrected chi connectivity index (χ2v) is 4.23. The average Bonchev–Trinajstić information content (AvgIpc) is 2.50. The van der Waals surface area contributed by atoms with Crippen LogP contribution in [0.1, 0.15) is 12.8 Å². The highest BCUT2D eigenvalue weighted by Gasteiger charge is 2.23. The fraction of sp³-hybridized carbons (Fsp3) is 0.385. The van der Waals surface area contributed by atoms with Gasteiger partial charge in [0.1, 0.15) is 6.04 Å². The van der Waals surface area contributed by atoms with Gasteiger partial charge in [-0.3, -0.25) is 14.7 Å². The van der Waals surface area contributed by atoms with E-state index >= 15 is 0 Å². The zero-order valence-electron chi connectivity index (χ0n) is 11.8. The molecule has 0 unspecified atom stereocenters. The zero-order valence-corrected chi connectivity index (χ0v) is 11.8. The minimum atomic E-state index is -1.22. The van der Waals surface area contributed by atoms with E-state index in [2.05, 4.69) is 15.0 Å². The van der Waals surface area contributed by atoms with E-state index in [9.17, 15) is 14.4 Å². The number of hydrogen-bond donors (Lipinski definition) is 2. The van der Waals surface area contributed by atoms with Gasteiger partial charge in [-0.25, -0.2) is 9.59 Å². The van der Waals surface area contributed by atoms with Gasteiger partial charge in [-0.05, 0) is 18.6 Å². The van der Waals surface area contributed by atoms with Crippen molar-refractivity contribution in [2.75, 3.05) is 19.1 Å². The molecule has 0 radical (unpaired) electrons. The number of amides is 2. The summed E-state index contributed by atoms with van der Waals surface area (Å²) in [6.07, 6.45) is 2.90. The van der Waals surface area contributed by atoms with Gasteiger partial charge in [0.05, 0.1) is 19.0 Å². The number of esters is 1. The van der Waals surface area contributed by atoms with E-state index < -0.39 is 24.0 Å². The minimum absolute atomic E-state index is 0.0470. The third-order valence-corrected chi connectivity index (χ3v) is 2.80. The number of carbonyl (C=O) groups is 3. The molecule has 0 saturated heterocycles. The number of carboxylic acids is 1. The number of aromatic nitrogens is 1. The van der Waals surface area contributed by atoms with Crippen LogP contribution in [0.3, 0.4) is 0 Å². The summed E-state index contributed by atoms with van der Waals surface area (Å²) in [5.74, 6) is -1.75. The summed E-state index contributed by atoms with van der Waals surface area (Å²) in [6.45, 7) is 0. The van der Waals surface area contributed by atoms with Crippen LogP contribution in [0, 0.1) is 0 Å². The van der Waals surface area contributed by atoms with Crippen LogP contribution < -0.4 is 10.2 Å². The molecule has 0 bridgehead atoms. The number of rotatable bonds is 6. The molecule has 0 spiro atoms. The lowest BCUT2D eigenvalue weighted by Gasteiger charge is -2.21. The summed E-state index contributed by atoms with van der Waals surface area (Å²) >= 11 is 0. The Labute approximate surface area is 121 Å². The van der Waals surface area contributed by atoms with Gasteiger partial charge < -0.3 is 15.2 Å². The molecule has 0 aliphatic carbocycles. The molecule has 0 fully saturated rings. The van der Waals surface area contributed by atoms with Crippen LogP contribution in [0.15, 0.2) is 24.5 Å². The summed E-state index contributed by atoms with van der Waals surface area (Å²) < 4.78 is 4.44. The van der Waals surface area contributed by atoms with Crippen LogP contribution in [-0.4, -0.2) is 48.3 Å². The van der Waals surface area contributed by atoms with Gasteiger partial charge in [-0.2, -0.15) is 0 Å². The molecule has 0 aliphatic heterocycles. The van der Waals surface area contributed by atoms with E-state index in [0.29, 0.717) is 5.69 Å². The lowest BCUT2D eigenvalue weighted by Crippen LogP contribution is -2.47. The molecule has 0 aromatic carbocycles. The third kappa shape index (κ3) is 5.09. The number of ether oxygens (including phenoxy) is 1. The molecule has 1 rings (SSSR count). The molecule has 0 aliphatic rings. The van der Waals surface area contributed by atoms with Gasteiger partial charge in [0.2, 0.25) is 0 Å². The normalized spacial score (nSPS) is 11.3. The summed E-state index contributed by atoms with van der Waals surface area (Å²) in [7, 11) is 2.71. The Morgan fingerprint density at radius 1 is 1.48 bits per heavy atom. The maximum absolute atomic E-state index is 12.0. The first-order valence-electron chi connectivity index (χ1n) is 6.19. The molecule has 1 atom stereocenters. The monoisotopic (exact) mass is 295 g/mol. The van der Waals surface area contributed by atoms with Gasteiger partial charge in [-0.15, -0.1) is 0 Å². The molecular weight excluding hydrogens is 278 g/mol. The van der Waals surface area contributed by atoms with E-state index in [1.54, 1.807) is 18.3 Å². The van der Waals surface area contributed by atoms with E-state index in [0.717, 1.165) is 0 Å². The minimum Gasteiger partial charge on any atom is -0.480 e. The lowest BCUT2D eigenvalue weighted by molar-refractivity contribution is -0.142. The largest absolute Gasteiger partial charge is 0.480 e. The molecule has 1 aromatic rings. The Morgan fingerprint density at radius 2 is 2.19 bits per heavy atom. The Morgan fingerprint density at radius 3 is 2.71 bits per heavy atom. The van der Waals surface area contributed by atoms with Crippen LogP contribution in [0.2, 0.25) is 0 Å². The van der Waals surface area contributed by atoms with Crippen LogP contribution in [0.4, 0.5) is 10.5 Å². The van der Waals surface area contributed by atoms with Crippen molar-refractivity contribution < 1.29 is 24.2 Å². The molecule has 2 amide bonds. The first kappa shape index (κ1) is 16.4. The van der Waals surface area contributed by atoms with Crippen molar-refractivity contribution >= 4 is 23.7 Å². The van der Waals surface area contributed by atoms with Crippen molar-refractivity contribution in [1.82, 2.24) is 10.3 Å². The van der Waals surface area contributed by atoms with Crippen molar-refractivity contribution in [3.63, 3.8) is 0 Å². The van der Waals surface area contributed by atoms with Crippen LogP contribution in [0.25, 0.3) is 0 Å². The van der Waals surface area contributed by atoms with E-state index in [4.69, 9.17) is 5.11 Å². The predicted molar refractivity (Wildman–Crippen MR) is 73.8 cm³/mol. The average molecular weight is 295 g/mol. The highest BCUT2D eigenvalue weighted by molar-refractivity contribution is 5.93. The fourth-order valence-electron chi connectivity index (χ4n) is 1.54. The van der Waals surface area contributed by atoms with Crippen molar-refractivity contribution in [1.29, 1.82) is 0 Å². The number of carboxylic acid groups (broad SMARTS) is 1. The fourth-order valence-corrected chi connectivity index (χ4v) is 1.54. The number of hydrogen-bond acceptors (Lipinski definition) is 5. The zero-order chi connectivity index (χ0) is 15.8. The van der Waals surface area contributed by atoms with Crippen LogP contribution in [-0.2, 0) is 14.3 Å². The van der Waals surface area contributed by atoms with Gasteiger partial charge in [0, 0.05) is 19.7 Å². The van der Waals surface area contributed by atoms with E-state index in [1.165, 1.54) is 25.3 Å². The molecule has 8 nitrogen and oxygen atoms in total. The number of anilines is 1. The summed E-state index contributed by atoms with van der Waals surface area (Å²) in [5.41, 5.74) is 0.520. The molecule has 2 N–H and O–H groups in total. The maximum atomic E-state index is 12.0. The predicted octanol–water partition coefficient (Wildman–Crippen LogP) is 0.634. The molecule has 0 saturated carbocycles. The third-order valence-electron chi connectivity index (χ3n) is 2.80. The van der Waals surface area contributed by atoms with Gasteiger partial charge in [0.15, 0.2) is 0 Å². The number of urea groups is 1. The summed E-state index contributed by atoms with van der Waals surface area (Å²) in [4.78, 5) is 39.2. The summed E-state index contributed by atoms with van der Waals surface area (Å²) in [6, 6.07) is 1.55. The molecular formula is C13H17N3O5. The molecule has 8 heteroatoms. The number of nitrogens with zero attached hydrogens (tertiary/aromatic N) is 2. The highest BCUT2D eigenvalue weighted by Crippen LogP contribution is 2.10. The molecule has 114 valence electrons. The smallest absolute Gasteiger partial charge is 0.326 e. The topological polar surface area (TPSA) is 109 Å². The number of pyridine rings is 1. The van der Waals surface area contributed by atoms with Crippen molar-refractivity contribution in [2.45, 2.75) is 18.9 Å². The van der Waals surface area contributed by atoms with Crippen molar-refractivity contribution in [3.05, 3.63) is 24.5 Å². The van der Waals surface area contributed by atoms with Crippen molar-refractivity contribution in [3.8, 4) is 0 Å². The number of aliphatic carboxylic acids is 1. The Kier molecular flexibility index (Phi) is 6.12. The SMILES string of the molecule is COC(=O)CC[C@@H](NC(=O)N(C)c1cccnc1)C(=O)O. The number of nitrogens with one attached hydrogen (secondary N) is 1. The molecule has 1 heterocycles. The number of carbonyl (C=O) groups excluding carboxylic acids is 2. The highest BCUT2D eigenvalue weighted by atomic mass is 16.5.